The molecular formula is C20H27N5O3S. The molecule has 8 nitrogen and oxygen atoms in total. The van der Waals surface area contributed by atoms with Gasteiger partial charge in [-0.25, -0.2) is 0 Å². The highest BCUT2D eigenvalue weighted by molar-refractivity contribution is 7.99. The highest BCUT2D eigenvalue weighted by Gasteiger charge is 2.22. The average Bonchev–Trinajstić information content (AvgIpc) is 3.42. The molecule has 2 aliphatic rings. The lowest BCUT2D eigenvalue weighted by molar-refractivity contribution is -0.119. The van der Waals surface area contributed by atoms with Gasteiger partial charge in [0, 0.05) is 26.2 Å². The minimum Gasteiger partial charge on any atom is -0.378 e. The summed E-state index contributed by atoms with van der Waals surface area (Å²) in [5, 5.41) is 12.5. The molecule has 0 saturated carbocycles. The Bertz CT molecular complexity index is 789. The highest BCUT2D eigenvalue weighted by atomic mass is 32.2. The number of ether oxygens (including phenoxy) is 2. The summed E-state index contributed by atoms with van der Waals surface area (Å²) in [5.41, 5.74) is 1.17. The third kappa shape index (κ3) is 5.49. The van der Waals surface area contributed by atoms with Crippen molar-refractivity contribution >= 4 is 23.6 Å². The van der Waals surface area contributed by atoms with E-state index in [0.29, 0.717) is 32.1 Å². The second-order valence-corrected chi connectivity index (χ2v) is 8.12. The number of amides is 1. The van der Waals surface area contributed by atoms with Crippen molar-refractivity contribution in [2.45, 2.75) is 30.6 Å². The first-order valence-electron chi connectivity index (χ1n) is 10.1. The summed E-state index contributed by atoms with van der Waals surface area (Å²) in [4.78, 5) is 14.5. The third-order valence-corrected chi connectivity index (χ3v) is 6.02. The molecule has 9 heteroatoms. The zero-order valence-corrected chi connectivity index (χ0v) is 17.3. The van der Waals surface area contributed by atoms with E-state index in [4.69, 9.17) is 9.47 Å². The summed E-state index contributed by atoms with van der Waals surface area (Å²) >= 11 is 1.42. The standard InChI is InChI=1S/C20H27N5O3S/c26-18(21-13-17-7-4-10-28-17)15-29-20-23-22-19(24-8-11-27-12-9-24)25(20)14-16-5-2-1-3-6-16/h1-3,5-6,17H,4,7-15H2,(H,21,26)/t17-/m1/s1. The molecule has 1 amide bonds. The van der Waals surface area contributed by atoms with Crippen LogP contribution in [0.1, 0.15) is 18.4 Å². The van der Waals surface area contributed by atoms with E-state index >= 15 is 0 Å². The molecule has 1 aromatic heterocycles. The molecule has 1 atom stereocenters. The fraction of sp³-hybridized carbons (Fsp3) is 0.550. The van der Waals surface area contributed by atoms with Crippen molar-refractivity contribution < 1.29 is 14.3 Å². The number of aromatic nitrogens is 3. The molecule has 2 fully saturated rings. The van der Waals surface area contributed by atoms with Crippen molar-refractivity contribution in [3.05, 3.63) is 35.9 Å². The number of nitrogens with zero attached hydrogens (tertiary/aromatic N) is 4. The van der Waals surface area contributed by atoms with Crippen LogP contribution in [0.5, 0.6) is 0 Å². The molecule has 3 heterocycles. The molecule has 0 radical (unpaired) electrons. The van der Waals surface area contributed by atoms with Gasteiger partial charge in [-0.05, 0) is 18.4 Å². The number of thioether (sulfide) groups is 1. The normalized spacial score (nSPS) is 19.4. The van der Waals surface area contributed by atoms with Crippen molar-refractivity contribution in [2.24, 2.45) is 0 Å². The Morgan fingerprint density at radius 1 is 1.17 bits per heavy atom. The molecule has 156 valence electrons. The van der Waals surface area contributed by atoms with E-state index in [-0.39, 0.29) is 12.0 Å². The average molecular weight is 418 g/mol. The maximum Gasteiger partial charge on any atom is 0.230 e. The molecule has 1 aromatic carbocycles. The lowest BCUT2D eigenvalue weighted by Crippen LogP contribution is -2.38. The number of nitrogens with one attached hydrogen (secondary N) is 1. The molecule has 2 aromatic rings. The molecular weight excluding hydrogens is 390 g/mol. The van der Waals surface area contributed by atoms with E-state index in [1.165, 1.54) is 17.3 Å². The van der Waals surface area contributed by atoms with Crippen molar-refractivity contribution in [1.29, 1.82) is 0 Å². The van der Waals surface area contributed by atoms with Crippen LogP contribution in [0.15, 0.2) is 35.5 Å². The van der Waals surface area contributed by atoms with Gasteiger partial charge in [-0.2, -0.15) is 0 Å². The molecule has 29 heavy (non-hydrogen) atoms. The van der Waals surface area contributed by atoms with Crippen molar-refractivity contribution in [1.82, 2.24) is 20.1 Å². The van der Waals surface area contributed by atoms with Crippen LogP contribution < -0.4 is 10.2 Å². The topological polar surface area (TPSA) is 81.5 Å². The number of carbonyl (C=O) groups excluding carboxylic acids is 1. The summed E-state index contributed by atoms with van der Waals surface area (Å²) in [7, 11) is 0. The van der Waals surface area contributed by atoms with Crippen LogP contribution in [0.4, 0.5) is 5.95 Å². The fourth-order valence-corrected chi connectivity index (χ4v) is 4.27. The first-order valence-corrected chi connectivity index (χ1v) is 11.1. The van der Waals surface area contributed by atoms with Crippen molar-refractivity contribution in [2.75, 3.05) is 50.1 Å². The predicted molar refractivity (Wildman–Crippen MR) is 111 cm³/mol. The number of morpholine rings is 1. The molecule has 4 rings (SSSR count). The van der Waals surface area contributed by atoms with Gasteiger partial charge in [0.2, 0.25) is 11.9 Å². The van der Waals surface area contributed by atoms with Gasteiger partial charge < -0.3 is 19.7 Å². The minimum atomic E-state index is -0.00677. The van der Waals surface area contributed by atoms with E-state index in [1.54, 1.807) is 0 Å². The number of benzene rings is 1. The van der Waals surface area contributed by atoms with E-state index in [0.717, 1.165) is 43.6 Å². The van der Waals surface area contributed by atoms with Crippen LogP contribution in [-0.4, -0.2) is 72.0 Å². The summed E-state index contributed by atoms with van der Waals surface area (Å²) in [6.07, 6.45) is 2.24. The smallest absolute Gasteiger partial charge is 0.230 e. The van der Waals surface area contributed by atoms with Gasteiger partial charge in [0.1, 0.15) is 0 Å². The Labute approximate surface area is 175 Å². The molecule has 0 bridgehead atoms. The lowest BCUT2D eigenvalue weighted by Gasteiger charge is -2.28. The monoisotopic (exact) mass is 417 g/mol. The quantitative estimate of drug-likeness (QED) is 0.653. The summed E-state index contributed by atoms with van der Waals surface area (Å²) in [6.45, 7) is 5.00. The fourth-order valence-electron chi connectivity index (χ4n) is 3.50. The number of rotatable bonds is 8. The second kappa shape index (κ2) is 10.1. The molecule has 0 aliphatic carbocycles. The minimum absolute atomic E-state index is 0.00677. The number of hydrogen-bond acceptors (Lipinski definition) is 7. The van der Waals surface area contributed by atoms with Crippen LogP contribution in [0, 0.1) is 0 Å². The van der Waals surface area contributed by atoms with Crippen LogP contribution in [0.25, 0.3) is 0 Å². The van der Waals surface area contributed by atoms with Crippen LogP contribution in [0.3, 0.4) is 0 Å². The summed E-state index contributed by atoms with van der Waals surface area (Å²) in [5.74, 6) is 1.13. The second-order valence-electron chi connectivity index (χ2n) is 7.18. The van der Waals surface area contributed by atoms with Gasteiger partial charge in [-0.15, -0.1) is 10.2 Å². The molecule has 2 saturated heterocycles. The van der Waals surface area contributed by atoms with Crippen molar-refractivity contribution in [3.63, 3.8) is 0 Å². The van der Waals surface area contributed by atoms with Crippen LogP contribution in [-0.2, 0) is 20.8 Å². The van der Waals surface area contributed by atoms with Gasteiger partial charge in [0.15, 0.2) is 5.16 Å². The zero-order chi connectivity index (χ0) is 19.9. The van der Waals surface area contributed by atoms with Crippen molar-refractivity contribution in [3.8, 4) is 0 Å². The number of hydrogen-bond donors (Lipinski definition) is 1. The number of anilines is 1. The SMILES string of the molecule is O=C(CSc1nnc(N2CCOCC2)n1Cc1ccccc1)NC[C@H]1CCCO1. The Morgan fingerprint density at radius 3 is 2.76 bits per heavy atom. The van der Waals surface area contributed by atoms with Gasteiger partial charge >= 0.3 is 0 Å². The zero-order valence-electron chi connectivity index (χ0n) is 16.5. The van der Waals surface area contributed by atoms with Gasteiger partial charge in [0.05, 0.1) is 31.6 Å². The van der Waals surface area contributed by atoms with E-state index in [2.05, 4.69) is 37.1 Å². The van der Waals surface area contributed by atoms with E-state index < -0.39 is 0 Å². The van der Waals surface area contributed by atoms with E-state index in [1.807, 2.05) is 18.2 Å². The molecule has 0 spiro atoms. The van der Waals surface area contributed by atoms with E-state index in [9.17, 15) is 4.79 Å². The first-order chi connectivity index (χ1) is 14.3. The lowest BCUT2D eigenvalue weighted by atomic mass is 10.2. The molecule has 1 N–H and O–H groups in total. The molecule has 2 aliphatic heterocycles. The van der Waals surface area contributed by atoms with Gasteiger partial charge in [-0.1, -0.05) is 42.1 Å². The van der Waals surface area contributed by atoms with Crippen LogP contribution >= 0.6 is 11.8 Å². The largest absolute Gasteiger partial charge is 0.378 e. The Kier molecular flexibility index (Phi) is 7.02. The Morgan fingerprint density at radius 2 is 2.00 bits per heavy atom. The number of carbonyl (C=O) groups is 1. The van der Waals surface area contributed by atoms with Gasteiger partial charge in [-0.3, -0.25) is 9.36 Å². The first kappa shape index (κ1) is 20.2. The Balaban J connectivity index is 1.42. The third-order valence-electron chi connectivity index (χ3n) is 5.06. The Hall–Kier alpha value is -2.10. The van der Waals surface area contributed by atoms with Crippen LogP contribution in [0.2, 0.25) is 0 Å². The van der Waals surface area contributed by atoms with Gasteiger partial charge in [0.25, 0.3) is 0 Å². The molecule has 0 unspecified atom stereocenters. The predicted octanol–water partition coefficient (Wildman–Crippen LogP) is 1.55. The maximum atomic E-state index is 12.3. The summed E-state index contributed by atoms with van der Waals surface area (Å²) < 4.78 is 13.1. The maximum absolute atomic E-state index is 12.3. The highest BCUT2D eigenvalue weighted by Crippen LogP contribution is 2.24. The summed E-state index contributed by atoms with van der Waals surface area (Å²) in [6, 6.07) is 10.2.